The highest BCUT2D eigenvalue weighted by Gasteiger charge is 2.27. The molecule has 0 aliphatic carbocycles. The topological polar surface area (TPSA) is 64.2 Å². The molecule has 0 amide bonds. The first-order valence-electron chi connectivity index (χ1n) is 8.76. The third kappa shape index (κ3) is 3.63. The summed E-state index contributed by atoms with van der Waals surface area (Å²) in [7, 11) is 0. The minimum atomic E-state index is -0.676. The highest BCUT2D eigenvalue weighted by atomic mass is 35.5. The molecule has 0 radical (unpaired) electrons. The summed E-state index contributed by atoms with van der Waals surface area (Å²) in [5, 5.41) is 12.4. The van der Waals surface area contributed by atoms with Crippen LogP contribution in [0.5, 0.6) is 5.88 Å². The Morgan fingerprint density at radius 2 is 1.07 bits per heavy atom. The summed E-state index contributed by atoms with van der Waals surface area (Å²) in [5.74, 6) is -1.11. The lowest BCUT2D eigenvalue weighted by Gasteiger charge is -2.12. The maximum atomic E-state index is 13.3. The number of halogens is 3. The molecule has 0 spiro atoms. The lowest BCUT2D eigenvalue weighted by molar-refractivity contribution is 0.103. The van der Waals surface area contributed by atoms with Crippen molar-refractivity contribution >= 4 is 40.6 Å². The third-order valence-electron chi connectivity index (χ3n) is 4.51. The molecule has 0 fully saturated rings. The molecule has 0 saturated carbocycles. The van der Waals surface area contributed by atoms with Crippen LogP contribution >= 0.6 is 34.8 Å². The Bertz CT molecular complexity index is 1290. The van der Waals surface area contributed by atoms with E-state index in [9.17, 15) is 14.7 Å². The molecule has 4 rings (SSSR count). The Morgan fingerprint density at radius 3 is 1.53 bits per heavy atom. The van der Waals surface area contributed by atoms with Crippen LogP contribution in [-0.2, 0) is 0 Å². The molecule has 1 aromatic heterocycles. The van der Waals surface area contributed by atoms with Crippen molar-refractivity contribution in [3.05, 3.63) is 109 Å². The van der Waals surface area contributed by atoms with Crippen molar-refractivity contribution in [2.75, 3.05) is 0 Å². The van der Waals surface area contributed by atoms with Crippen LogP contribution in [0.3, 0.4) is 0 Å². The van der Waals surface area contributed by atoms with Gasteiger partial charge in [-0.05, 0) is 72.8 Å². The molecule has 150 valence electrons. The molecule has 1 heterocycles. The molecule has 5 nitrogen and oxygen atoms in total. The summed E-state index contributed by atoms with van der Waals surface area (Å²) < 4.78 is 2.46. The zero-order chi connectivity index (χ0) is 21.4. The number of rotatable bonds is 4. The van der Waals surface area contributed by atoms with Gasteiger partial charge in [-0.3, -0.25) is 9.59 Å². The molecule has 30 heavy (non-hydrogen) atoms. The normalized spacial score (nSPS) is 10.9. The van der Waals surface area contributed by atoms with Gasteiger partial charge < -0.3 is 5.11 Å². The Morgan fingerprint density at radius 1 is 0.667 bits per heavy atom. The van der Waals surface area contributed by atoms with E-state index in [1.807, 2.05) is 0 Å². The van der Waals surface area contributed by atoms with E-state index in [1.54, 1.807) is 60.7 Å². The van der Waals surface area contributed by atoms with Crippen LogP contribution in [0, 0.1) is 0 Å². The van der Waals surface area contributed by atoms with Gasteiger partial charge in [0.1, 0.15) is 0 Å². The van der Waals surface area contributed by atoms with E-state index in [-0.39, 0.29) is 11.1 Å². The lowest BCUT2D eigenvalue weighted by atomic mass is 10.1. The molecule has 4 aromatic rings. The standard InChI is InChI=1S/C22H13Cl3N2O3/c23-14-3-1-13(2-4-14)20(28)19-21(29)26(17-9-5-15(24)6-10-17)27(22(19)30)18-11-7-16(25)8-12-18/h1-12,29H. The van der Waals surface area contributed by atoms with Crippen molar-refractivity contribution in [1.82, 2.24) is 9.36 Å². The minimum Gasteiger partial charge on any atom is -0.493 e. The summed E-state index contributed by atoms with van der Waals surface area (Å²) in [6, 6.07) is 19.0. The highest BCUT2D eigenvalue weighted by Crippen LogP contribution is 2.26. The summed E-state index contributed by atoms with van der Waals surface area (Å²) in [5.41, 5.74) is 0.0548. The van der Waals surface area contributed by atoms with Crippen LogP contribution in [0.1, 0.15) is 15.9 Å². The summed E-state index contributed by atoms with van der Waals surface area (Å²) in [6.07, 6.45) is 0. The molecule has 0 atom stereocenters. The molecule has 3 aromatic carbocycles. The Hall–Kier alpha value is -2.99. The van der Waals surface area contributed by atoms with E-state index in [0.29, 0.717) is 26.4 Å². The maximum absolute atomic E-state index is 13.3. The van der Waals surface area contributed by atoms with Gasteiger partial charge in [-0.25, -0.2) is 9.36 Å². The second-order valence-electron chi connectivity index (χ2n) is 6.42. The van der Waals surface area contributed by atoms with E-state index >= 15 is 0 Å². The number of hydrogen-bond acceptors (Lipinski definition) is 3. The fourth-order valence-corrected chi connectivity index (χ4v) is 3.45. The van der Waals surface area contributed by atoms with Crippen molar-refractivity contribution in [2.45, 2.75) is 0 Å². The molecule has 1 N–H and O–H groups in total. The first-order valence-corrected chi connectivity index (χ1v) is 9.89. The monoisotopic (exact) mass is 458 g/mol. The largest absolute Gasteiger partial charge is 0.493 e. The maximum Gasteiger partial charge on any atom is 0.287 e. The number of benzene rings is 3. The number of carbonyl (C=O) groups is 1. The van der Waals surface area contributed by atoms with Gasteiger partial charge in [0.15, 0.2) is 5.56 Å². The second kappa shape index (κ2) is 8.03. The first kappa shape index (κ1) is 20.3. The summed E-state index contributed by atoms with van der Waals surface area (Å²) in [6.45, 7) is 0. The van der Waals surface area contributed by atoms with Gasteiger partial charge in [-0.1, -0.05) is 34.8 Å². The fraction of sp³-hybridized carbons (Fsp3) is 0. The Balaban J connectivity index is 1.98. The van der Waals surface area contributed by atoms with Crippen LogP contribution in [0.25, 0.3) is 11.4 Å². The van der Waals surface area contributed by atoms with Crippen molar-refractivity contribution in [1.29, 1.82) is 0 Å². The van der Waals surface area contributed by atoms with Crippen LogP contribution < -0.4 is 5.56 Å². The number of hydrogen-bond donors (Lipinski definition) is 1. The van der Waals surface area contributed by atoms with Crippen molar-refractivity contribution in [2.24, 2.45) is 0 Å². The second-order valence-corrected chi connectivity index (χ2v) is 7.73. The van der Waals surface area contributed by atoms with E-state index < -0.39 is 17.2 Å². The third-order valence-corrected chi connectivity index (χ3v) is 5.26. The van der Waals surface area contributed by atoms with Crippen LogP contribution in [-0.4, -0.2) is 20.3 Å². The van der Waals surface area contributed by atoms with Gasteiger partial charge in [-0.2, -0.15) is 0 Å². The fourth-order valence-electron chi connectivity index (χ4n) is 3.07. The SMILES string of the molecule is O=C(c1ccc(Cl)cc1)c1c(O)n(-c2ccc(Cl)cc2)n(-c2ccc(Cl)cc2)c1=O. The first-order chi connectivity index (χ1) is 14.4. The van der Waals surface area contributed by atoms with Gasteiger partial charge in [0.05, 0.1) is 11.4 Å². The van der Waals surface area contributed by atoms with E-state index in [2.05, 4.69) is 0 Å². The van der Waals surface area contributed by atoms with Gasteiger partial charge in [0.2, 0.25) is 11.7 Å². The molecule has 0 unspecified atom stereocenters. The zero-order valence-electron chi connectivity index (χ0n) is 15.2. The van der Waals surface area contributed by atoms with Crippen LogP contribution in [0.15, 0.2) is 77.6 Å². The number of nitrogens with zero attached hydrogens (tertiary/aromatic N) is 2. The zero-order valence-corrected chi connectivity index (χ0v) is 17.5. The predicted octanol–water partition coefficient (Wildman–Crippen LogP) is 5.53. The van der Waals surface area contributed by atoms with Crippen molar-refractivity contribution in [3.63, 3.8) is 0 Å². The van der Waals surface area contributed by atoms with Gasteiger partial charge in [0.25, 0.3) is 5.56 Å². The predicted molar refractivity (Wildman–Crippen MR) is 118 cm³/mol. The Kier molecular flexibility index (Phi) is 5.43. The molecular formula is C22H13Cl3N2O3. The number of carbonyl (C=O) groups excluding carboxylic acids is 1. The minimum absolute atomic E-state index is 0.225. The highest BCUT2D eigenvalue weighted by molar-refractivity contribution is 6.31. The van der Waals surface area contributed by atoms with E-state index in [4.69, 9.17) is 34.8 Å². The lowest BCUT2D eigenvalue weighted by Crippen LogP contribution is -2.23. The summed E-state index contributed by atoms with van der Waals surface area (Å²) >= 11 is 17.8. The summed E-state index contributed by atoms with van der Waals surface area (Å²) in [4.78, 5) is 26.4. The van der Waals surface area contributed by atoms with Crippen molar-refractivity contribution in [3.8, 4) is 17.3 Å². The van der Waals surface area contributed by atoms with Crippen molar-refractivity contribution < 1.29 is 9.90 Å². The number of aromatic nitrogens is 2. The quantitative estimate of drug-likeness (QED) is 0.408. The van der Waals surface area contributed by atoms with Gasteiger partial charge in [-0.15, -0.1) is 0 Å². The van der Waals surface area contributed by atoms with Crippen LogP contribution in [0.4, 0.5) is 0 Å². The number of aromatic hydroxyl groups is 1. The van der Waals surface area contributed by atoms with E-state index in [1.165, 1.54) is 21.5 Å². The molecule has 8 heteroatoms. The van der Waals surface area contributed by atoms with Crippen LogP contribution in [0.2, 0.25) is 15.1 Å². The van der Waals surface area contributed by atoms with E-state index in [0.717, 1.165) is 0 Å². The average Bonchev–Trinajstić information content (AvgIpc) is 2.99. The average molecular weight is 460 g/mol. The van der Waals surface area contributed by atoms with Gasteiger partial charge in [0, 0.05) is 20.6 Å². The van der Waals surface area contributed by atoms with Gasteiger partial charge >= 0.3 is 0 Å². The Labute approximate surface area is 186 Å². The molecule has 0 bridgehead atoms. The molecule has 0 saturated heterocycles. The smallest absolute Gasteiger partial charge is 0.287 e. The molecule has 0 aliphatic rings. The number of ketones is 1. The molecule has 0 aliphatic heterocycles. The molecular weight excluding hydrogens is 447 g/mol.